The number of hydrogen-bond donors (Lipinski definition) is 2. The molecule has 0 spiro atoms. The number of hydrogen-bond acceptors (Lipinski definition) is 4. The van der Waals surface area contributed by atoms with Gasteiger partial charge in [-0.25, -0.2) is 0 Å². The van der Waals surface area contributed by atoms with Crippen molar-refractivity contribution in [2.45, 2.75) is 32.3 Å². The molecule has 1 amide bonds. The summed E-state index contributed by atoms with van der Waals surface area (Å²) in [4.78, 5) is 16.1. The molecule has 1 aromatic heterocycles. The molecule has 0 atom stereocenters. The van der Waals surface area contributed by atoms with E-state index < -0.39 is 5.60 Å². The van der Waals surface area contributed by atoms with Gasteiger partial charge in [0.15, 0.2) is 0 Å². The highest BCUT2D eigenvalue weighted by Crippen LogP contribution is 2.19. The maximum Gasteiger partial charge on any atom is 0.255 e. The van der Waals surface area contributed by atoms with Gasteiger partial charge in [-0.2, -0.15) is 0 Å². The van der Waals surface area contributed by atoms with Crippen LogP contribution in [0.3, 0.4) is 0 Å². The van der Waals surface area contributed by atoms with Gasteiger partial charge in [0.1, 0.15) is 12.4 Å². The first-order valence-corrected chi connectivity index (χ1v) is 7.73. The van der Waals surface area contributed by atoms with Gasteiger partial charge in [0.25, 0.3) is 5.91 Å². The summed E-state index contributed by atoms with van der Waals surface area (Å²) < 4.78 is 5.61. The number of aliphatic hydroxyl groups is 1. The predicted octanol–water partition coefficient (Wildman–Crippen LogP) is 3.26. The molecule has 122 valence electrons. The number of amides is 1. The van der Waals surface area contributed by atoms with Crippen molar-refractivity contribution < 1.29 is 14.6 Å². The number of ether oxygens (including phenoxy) is 1. The fraction of sp³-hybridized carbons (Fsp3) is 0.333. The second-order valence-corrected chi connectivity index (χ2v) is 5.44. The van der Waals surface area contributed by atoms with Gasteiger partial charge >= 0.3 is 0 Å². The van der Waals surface area contributed by atoms with Crippen LogP contribution in [0.4, 0.5) is 5.69 Å². The lowest BCUT2D eigenvalue weighted by Gasteiger charge is -2.25. The van der Waals surface area contributed by atoms with Crippen LogP contribution < -0.4 is 10.1 Å². The maximum atomic E-state index is 12.1. The van der Waals surface area contributed by atoms with Crippen molar-refractivity contribution in [2.24, 2.45) is 0 Å². The highest BCUT2D eigenvalue weighted by atomic mass is 16.5. The Labute approximate surface area is 136 Å². The zero-order valence-corrected chi connectivity index (χ0v) is 13.5. The highest BCUT2D eigenvalue weighted by Gasteiger charge is 2.23. The van der Waals surface area contributed by atoms with E-state index in [2.05, 4.69) is 10.3 Å². The molecule has 0 radical (unpaired) electrons. The number of anilines is 1. The summed E-state index contributed by atoms with van der Waals surface area (Å²) in [5, 5.41) is 13.0. The third-order valence-electron chi connectivity index (χ3n) is 3.86. The Kier molecular flexibility index (Phi) is 5.71. The van der Waals surface area contributed by atoms with Crippen molar-refractivity contribution in [1.29, 1.82) is 0 Å². The summed E-state index contributed by atoms with van der Waals surface area (Å²) in [6.07, 6.45) is 4.51. The molecule has 0 aliphatic carbocycles. The van der Waals surface area contributed by atoms with Crippen LogP contribution in [0.25, 0.3) is 0 Å². The number of nitrogens with one attached hydrogen (secondary N) is 1. The Morgan fingerprint density at radius 3 is 2.48 bits per heavy atom. The number of pyridine rings is 1. The predicted molar refractivity (Wildman–Crippen MR) is 89.7 cm³/mol. The molecular weight excluding hydrogens is 292 g/mol. The van der Waals surface area contributed by atoms with Crippen LogP contribution in [0.5, 0.6) is 5.75 Å². The first-order valence-electron chi connectivity index (χ1n) is 7.73. The summed E-state index contributed by atoms with van der Waals surface area (Å²) >= 11 is 0. The Balaban J connectivity index is 1.95. The van der Waals surface area contributed by atoms with Crippen molar-refractivity contribution >= 4 is 11.6 Å². The number of benzene rings is 1. The van der Waals surface area contributed by atoms with Gasteiger partial charge in [-0.1, -0.05) is 13.8 Å². The second-order valence-electron chi connectivity index (χ2n) is 5.44. The molecule has 0 aliphatic rings. The molecule has 2 rings (SSSR count). The van der Waals surface area contributed by atoms with E-state index >= 15 is 0 Å². The monoisotopic (exact) mass is 314 g/mol. The molecule has 5 heteroatoms. The second kappa shape index (κ2) is 7.74. The average Bonchev–Trinajstić information content (AvgIpc) is 2.61. The number of nitrogens with zero attached hydrogens (tertiary/aromatic N) is 1. The number of carbonyl (C=O) groups is 1. The van der Waals surface area contributed by atoms with E-state index in [1.165, 1.54) is 0 Å². The average molecular weight is 314 g/mol. The molecule has 1 heterocycles. The molecule has 0 unspecified atom stereocenters. The standard InChI is InChI=1S/C18H22N2O3/c1-3-18(22,4-2)13-23-16-9-7-14(8-10-16)17(21)20-15-6-5-11-19-12-15/h5-12,22H,3-4,13H2,1-2H3,(H,20,21). The Bertz CT molecular complexity index is 622. The largest absolute Gasteiger partial charge is 0.491 e. The fourth-order valence-electron chi connectivity index (χ4n) is 2.01. The molecule has 0 fully saturated rings. The maximum absolute atomic E-state index is 12.1. The molecule has 5 nitrogen and oxygen atoms in total. The van der Waals surface area contributed by atoms with Gasteiger partial charge in [-0.05, 0) is 49.2 Å². The molecule has 23 heavy (non-hydrogen) atoms. The summed E-state index contributed by atoms with van der Waals surface area (Å²) in [6.45, 7) is 4.10. The number of aromatic nitrogens is 1. The lowest BCUT2D eigenvalue weighted by Crippen LogP contribution is -2.34. The van der Waals surface area contributed by atoms with Crippen molar-refractivity contribution in [3.63, 3.8) is 0 Å². The Morgan fingerprint density at radius 1 is 1.22 bits per heavy atom. The van der Waals surface area contributed by atoms with Crippen molar-refractivity contribution in [3.05, 3.63) is 54.4 Å². The summed E-state index contributed by atoms with van der Waals surface area (Å²) in [5.74, 6) is 0.423. The van der Waals surface area contributed by atoms with Gasteiger partial charge in [-0.3, -0.25) is 9.78 Å². The molecule has 2 N–H and O–H groups in total. The zero-order valence-electron chi connectivity index (χ0n) is 13.5. The number of rotatable bonds is 7. The fourth-order valence-corrected chi connectivity index (χ4v) is 2.01. The van der Waals surface area contributed by atoms with E-state index in [-0.39, 0.29) is 12.5 Å². The number of carbonyl (C=O) groups excluding carboxylic acids is 1. The van der Waals surface area contributed by atoms with Crippen LogP contribution >= 0.6 is 0 Å². The van der Waals surface area contributed by atoms with Crippen LogP contribution in [0.2, 0.25) is 0 Å². The van der Waals surface area contributed by atoms with Gasteiger partial charge < -0.3 is 15.2 Å². The third-order valence-corrected chi connectivity index (χ3v) is 3.86. The van der Waals surface area contributed by atoms with Crippen LogP contribution in [0.15, 0.2) is 48.8 Å². The van der Waals surface area contributed by atoms with Gasteiger partial charge in [-0.15, -0.1) is 0 Å². The lowest BCUT2D eigenvalue weighted by molar-refractivity contribution is -0.0113. The van der Waals surface area contributed by atoms with Gasteiger partial charge in [0, 0.05) is 11.8 Å². The van der Waals surface area contributed by atoms with E-state index in [0.717, 1.165) is 0 Å². The molecule has 0 aliphatic heterocycles. The van der Waals surface area contributed by atoms with Crippen LogP contribution in [0.1, 0.15) is 37.0 Å². The summed E-state index contributed by atoms with van der Waals surface area (Å²) in [5.41, 5.74) is 0.368. The van der Waals surface area contributed by atoms with E-state index in [0.29, 0.717) is 29.8 Å². The summed E-state index contributed by atoms with van der Waals surface area (Å²) in [7, 11) is 0. The first kappa shape index (κ1) is 17.0. The quantitative estimate of drug-likeness (QED) is 0.823. The van der Waals surface area contributed by atoms with Crippen molar-refractivity contribution in [1.82, 2.24) is 4.98 Å². The SMILES string of the molecule is CCC(O)(CC)COc1ccc(C(=O)Nc2cccnc2)cc1. The van der Waals surface area contributed by atoms with Crippen molar-refractivity contribution in [2.75, 3.05) is 11.9 Å². The molecule has 0 saturated carbocycles. The smallest absolute Gasteiger partial charge is 0.255 e. The van der Waals surface area contributed by atoms with E-state index in [1.54, 1.807) is 48.8 Å². The third kappa shape index (κ3) is 4.79. The van der Waals surface area contributed by atoms with Gasteiger partial charge in [0.2, 0.25) is 0 Å². The molecule has 0 bridgehead atoms. The molecular formula is C18H22N2O3. The van der Waals surface area contributed by atoms with Crippen molar-refractivity contribution in [3.8, 4) is 5.75 Å². The van der Waals surface area contributed by atoms with Gasteiger partial charge in [0.05, 0.1) is 17.5 Å². The minimum Gasteiger partial charge on any atom is -0.491 e. The Morgan fingerprint density at radius 2 is 1.91 bits per heavy atom. The van der Waals surface area contributed by atoms with Crippen LogP contribution in [-0.2, 0) is 0 Å². The Hall–Kier alpha value is -2.40. The normalized spacial score (nSPS) is 11.1. The molecule has 2 aromatic rings. The zero-order chi connectivity index (χ0) is 16.7. The highest BCUT2D eigenvalue weighted by molar-refractivity contribution is 6.04. The molecule has 0 saturated heterocycles. The summed E-state index contributed by atoms with van der Waals surface area (Å²) in [6, 6.07) is 10.4. The van der Waals surface area contributed by atoms with Crippen LogP contribution in [0, 0.1) is 0 Å². The minimum absolute atomic E-state index is 0.205. The van der Waals surface area contributed by atoms with E-state index in [4.69, 9.17) is 4.74 Å². The van der Waals surface area contributed by atoms with Crippen LogP contribution in [-0.4, -0.2) is 28.2 Å². The minimum atomic E-state index is -0.809. The van der Waals surface area contributed by atoms with E-state index in [1.807, 2.05) is 13.8 Å². The van der Waals surface area contributed by atoms with E-state index in [9.17, 15) is 9.90 Å². The first-order chi connectivity index (χ1) is 11.1. The molecule has 1 aromatic carbocycles. The topological polar surface area (TPSA) is 71.5 Å². The lowest BCUT2D eigenvalue weighted by atomic mass is 9.99.